The van der Waals surface area contributed by atoms with E-state index in [0.717, 1.165) is 26.2 Å². The molecule has 9 heteroatoms. The van der Waals surface area contributed by atoms with E-state index in [0.29, 0.717) is 23.2 Å². The van der Waals surface area contributed by atoms with Crippen molar-refractivity contribution in [3.63, 3.8) is 0 Å². The Morgan fingerprint density at radius 1 is 0.923 bits per heavy atom. The van der Waals surface area contributed by atoms with Crippen LogP contribution in [-0.2, 0) is 22.7 Å². The molecule has 0 spiro atoms. The number of piperazine rings is 1. The van der Waals surface area contributed by atoms with Crippen molar-refractivity contribution in [1.29, 1.82) is 0 Å². The first-order chi connectivity index (χ1) is 19.0. The van der Waals surface area contributed by atoms with Gasteiger partial charge in [-0.05, 0) is 35.7 Å². The van der Waals surface area contributed by atoms with Crippen LogP contribution in [0.2, 0.25) is 0 Å². The van der Waals surface area contributed by atoms with Crippen molar-refractivity contribution >= 4 is 17.7 Å². The van der Waals surface area contributed by atoms with Crippen LogP contribution in [-0.4, -0.2) is 69.6 Å². The first-order valence-corrected chi connectivity index (χ1v) is 13.4. The number of hydrogen-bond acceptors (Lipinski definition) is 6. The molecule has 2 unspecified atom stereocenters. The van der Waals surface area contributed by atoms with Crippen LogP contribution < -0.4 is 5.32 Å². The molecule has 6 rings (SSSR count). The molecule has 2 fully saturated rings. The fourth-order valence-electron chi connectivity index (χ4n) is 5.99. The fraction of sp³-hybridized carbons (Fsp3) is 0.333. The van der Waals surface area contributed by atoms with E-state index < -0.39 is 11.9 Å². The van der Waals surface area contributed by atoms with Gasteiger partial charge in [0.15, 0.2) is 0 Å². The Kier molecular flexibility index (Phi) is 6.93. The number of nitrogens with zero attached hydrogens (tertiary/aromatic N) is 4. The SMILES string of the molecule is O=C1CCC(N2Cc3c(ccc(CN4CCN(C(c5ccccc5)c5ccncc5)CC4)c3F)C2=O)C(=O)N1. The van der Waals surface area contributed by atoms with Crippen LogP contribution in [0.5, 0.6) is 0 Å². The lowest BCUT2D eigenvalue weighted by atomic mass is 9.97. The molecule has 1 aromatic heterocycles. The second kappa shape index (κ2) is 10.7. The number of aromatic nitrogens is 1. The highest BCUT2D eigenvalue weighted by Gasteiger charge is 2.40. The van der Waals surface area contributed by atoms with Crippen molar-refractivity contribution in [2.75, 3.05) is 26.2 Å². The van der Waals surface area contributed by atoms with Crippen LogP contribution in [0.3, 0.4) is 0 Å². The lowest BCUT2D eigenvalue weighted by Gasteiger charge is -2.39. The molecule has 0 aliphatic carbocycles. The van der Waals surface area contributed by atoms with Crippen molar-refractivity contribution in [3.8, 4) is 0 Å². The first-order valence-electron chi connectivity index (χ1n) is 13.4. The van der Waals surface area contributed by atoms with Crippen LogP contribution >= 0.6 is 0 Å². The number of halogens is 1. The van der Waals surface area contributed by atoms with E-state index in [9.17, 15) is 14.4 Å². The third-order valence-electron chi connectivity index (χ3n) is 8.03. The van der Waals surface area contributed by atoms with Crippen molar-refractivity contribution in [2.45, 2.75) is 38.0 Å². The number of benzene rings is 2. The van der Waals surface area contributed by atoms with Gasteiger partial charge in [0.05, 0.1) is 12.6 Å². The van der Waals surface area contributed by atoms with Crippen molar-refractivity contribution < 1.29 is 18.8 Å². The number of hydrogen-bond donors (Lipinski definition) is 1. The van der Waals surface area contributed by atoms with Crippen molar-refractivity contribution in [3.05, 3.63) is 101 Å². The minimum Gasteiger partial charge on any atom is -0.322 e. The average molecular weight is 528 g/mol. The Morgan fingerprint density at radius 2 is 1.64 bits per heavy atom. The van der Waals surface area contributed by atoms with Crippen molar-refractivity contribution in [2.24, 2.45) is 0 Å². The quantitative estimate of drug-likeness (QED) is 0.497. The van der Waals surface area contributed by atoms with Crippen LogP contribution in [0.1, 0.15) is 51.5 Å². The molecule has 2 aromatic carbocycles. The molecule has 3 aromatic rings. The molecule has 200 valence electrons. The summed E-state index contributed by atoms with van der Waals surface area (Å²) in [6.45, 7) is 3.72. The molecule has 3 amide bonds. The Balaban J connectivity index is 1.14. The van der Waals surface area contributed by atoms with E-state index in [2.05, 4.69) is 56.5 Å². The van der Waals surface area contributed by atoms with Gasteiger partial charge in [0.2, 0.25) is 11.8 Å². The molecule has 3 aliphatic rings. The third kappa shape index (κ3) is 4.95. The maximum absolute atomic E-state index is 15.7. The number of carbonyl (C=O) groups excluding carboxylic acids is 3. The molecule has 3 aliphatic heterocycles. The van der Waals surface area contributed by atoms with Gasteiger partial charge in [0.1, 0.15) is 11.9 Å². The van der Waals surface area contributed by atoms with E-state index >= 15 is 4.39 Å². The maximum atomic E-state index is 15.7. The zero-order valence-electron chi connectivity index (χ0n) is 21.6. The molecule has 8 nitrogen and oxygen atoms in total. The summed E-state index contributed by atoms with van der Waals surface area (Å²) in [4.78, 5) is 47.1. The van der Waals surface area contributed by atoms with E-state index in [1.165, 1.54) is 16.0 Å². The normalized spacial score (nSPS) is 21.1. The number of pyridine rings is 1. The third-order valence-corrected chi connectivity index (χ3v) is 8.03. The highest BCUT2D eigenvalue weighted by atomic mass is 19.1. The molecule has 2 atom stereocenters. The Bertz CT molecular complexity index is 1350. The topological polar surface area (TPSA) is 85.9 Å². The summed E-state index contributed by atoms with van der Waals surface area (Å²) in [5, 5.41) is 2.29. The summed E-state index contributed by atoms with van der Waals surface area (Å²) in [6.07, 6.45) is 4.07. The predicted molar refractivity (Wildman–Crippen MR) is 142 cm³/mol. The summed E-state index contributed by atoms with van der Waals surface area (Å²) in [5.41, 5.74) is 3.61. The molecule has 2 saturated heterocycles. The average Bonchev–Trinajstić information content (AvgIpc) is 3.29. The highest BCUT2D eigenvalue weighted by molar-refractivity contribution is 6.05. The van der Waals surface area contributed by atoms with Crippen LogP contribution in [0.25, 0.3) is 0 Å². The molecule has 39 heavy (non-hydrogen) atoms. The first kappa shape index (κ1) is 25.3. The lowest BCUT2D eigenvalue weighted by Crippen LogP contribution is -2.52. The number of piperidine rings is 1. The molecule has 1 N–H and O–H groups in total. The van der Waals surface area contributed by atoms with Crippen LogP contribution in [0.15, 0.2) is 67.0 Å². The zero-order chi connectivity index (χ0) is 26.9. The van der Waals surface area contributed by atoms with Gasteiger partial charge in [-0.15, -0.1) is 0 Å². The molecular formula is C30H30FN5O3. The van der Waals surface area contributed by atoms with Gasteiger partial charge >= 0.3 is 0 Å². The van der Waals surface area contributed by atoms with Crippen LogP contribution in [0.4, 0.5) is 4.39 Å². The Hall–Kier alpha value is -3.95. The van der Waals surface area contributed by atoms with Gasteiger partial charge in [-0.2, -0.15) is 0 Å². The molecule has 0 saturated carbocycles. The highest BCUT2D eigenvalue weighted by Crippen LogP contribution is 2.32. The van der Waals surface area contributed by atoms with E-state index in [4.69, 9.17) is 0 Å². The Morgan fingerprint density at radius 3 is 2.36 bits per heavy atom. The van der Waals surface area contributed by atoms with Crippen molar-refractivity contribution in [1.82, 2.24) is 25.0 Å². The van der Waals surface area contributed by atoms with E-state index in [1.54, 1.807) is 12.1 Å². The summed E-state index contributed by atoms with van der Waals surface area (Å²) in [7, 11) is 0. The molecule has 0 bridgehead atoms. The number of imide groups is 1. The smallest absolute Gasteiger partial charge is 0.255 e. The summed E-state index contributed by atoms with van der Waals surface area (Å²) in [6, 6.07) is 17.3. The Labute approximate surface area is 226 Å². The van der Waals surface area contributed by atoms with Gasteiger partial charge in [-0.3, -0.25) is 34.5 Å². The number of carbonyl (C=O) groups is 3. The van der Waals surface area contributed by atoms with E-state index in [-0.39, 0.29) is 43.1 Å². The largest absolute Gasteiger partial charge is 0.322 e. The molecular weight excluding hydrogens is 497 g/mol. The molecule has 4 heterocycles. The fourth-order valence-corrected chi connectivity index (χ4v) is 5.99. The monoisotopic (exact) mass is 527 g/mol. The van der Waals surface area contributed by atoms with Gasteiger partial charge in [-0.1, -0.05) is 36.4 Å². The summed E-state index contributed by atoms with van der Waals surface area (Å²) >= 11 is 0. The number of nitrogens with one attached hydrogen (secondary N) is 1. The summed E-state index contributed by atoms with van der Waals surface area (Å²) in [5.74, 6) is -1.57. The number of rotatable bonds is 6. The number of fused-ring (bicyclic) bond motifs is 1. The van der Waals surface area contributed by atoms with Gasteiger partial charge in [0.25, 0.3) is 5.91 Å². The number of amides is 3. The van der Waals surface area contributed by atoms with Gasteiger partial charge < -0.3 is 4.90 Å². The lowest BCUT2D eigenvalue weighted by molar-refractivity contribution is -0.136. The van der Waals surface area contributed by atoms with Gasteiger partial charge in [0, 0.05) is 68.2 Å². The zero-order valence-corrected chi connectivity index (χ0v) is 21.6. The van der Waals surface area contributed by atoms with E-state index in [1.807, 2.05) is 18.5 Å². The van der Waals surface area contributed by atoms with Gasteiger partial charge in [-0.25, -0.2) is 4.39 Å². The standard InChI is InChI=1S/C30H30FN5O3/c31-27-22(6-7-23-24(27)19-36(30(23)39)25-8-9-26(37)33-29(25)38)18-34-14-16-35(17-15-34)28(20-4-2-1-3-5-20)21-10-12-32-13-11-21/h1-7,10-13,25,28H,8-9,14-19H2,(H,33,37,38). The maximum Gasteiger partial charge on any atom is 0.255 e. The summed E-state index contributed by atoms with van der Waals surface area (Å²) < 4.78 is 15.7. The predicted octanol–water partition coefficient (Wildman–Crippen LogP) is 2.89. The second-order valence-corrected chi connectivity index (χ2v) is 10.4. The van der Waals surface area contributed by atoms with Crippen LogP contribution in [0, 0.1) is 5.82 Å². The minimum atomic E-state index is -0.753. The minimum absolute atomic E-state index is 0.0403. The molecule has 0 radical (unpaired) electrons. The second-order valence-electron chi connectivity index (χ2n) is 10.4.